The number of anilines is 3. The largest absolute Gasteiger partial charge is 0.309 e. The molecule has 10 rings (SSSR count). The van der Waals surface area contributed by atoms with Crippen LogP contribution in [0.2, 0.25) is 0 Å². The highest BCUT2D eigenvalue weighted by molar-refractivity contribution is 7.26. The van der Waals surface area contributed by atoms with E-state index in [4.69, 9.17) is 0 Å². The zero-order valence-electron chi connectivity index (χ0n) is 27.3. The van der Waals surface area contributed by atoms with Gasteiger partial charge in [0.05, 0.1) is 10.4 Å². The van der Waals surface area contributed by atoms with Crippen molar-refractivity contribution in [3.63, 3.8) is 0 Å². The molecule has 234 valence electrons. The number of hydrogen-bond donors (Lipinski definition) is 0. The number of benzene rings is 9. The van der Waals surface area contributed by atoms with Gasteiger partial charge in [-0.1, -0.05) is 152 Å². The van der Waals surface area contributed by atoms with Crippen LogP contribution in [0, 0.1) is 0 Å². The van der Waals surface area contributed by atoms with Crippen molar-refractivity contribution in [3.8, 4) is 22.3 Å². The minimum atomic E-state index is 1.13. The molecule has 0 fully saturated rings. The van der Waals surface area contributed by atoms with Crippen molar-refractivity contribution in [2.24, 2.45) is 0 Å². The Labute approximate surface area is 294 Å². The molecule has 0 saturated heterocycles. The third-order valence-electron chi connectivity index (χ3n) is 10.0. The summed E-state index contributed by atoms with van der Waals surface area (Å²) in [5.74, 6) is 0. The first kappa shape index (κ1) is 28.8. The van der Waals surface area contributed by atoms with E-state index in [1.807, 2.05) is 11.3 Å². The van der Waals surface area contributed by atoms with Gasteiger partial charge in [0.25, 0.3) is 0 Å². The van der Waals surface area contributed by atoms with Gasteiger partial charge in [0, 0.05) is 26.8 Å². The van der Waals surface area contributed by atoms with Crippen LogP contribution >= 0.6 is 11.3 Å². The first-order valence-corrected chi connectivity index (χ1v) is 17.9. The zero-order valence-corrected chi connectivity index (χ0v) is 28.1. The fourth-order valence-electron chi connectivity index (χ4n) is 7.78. The molecule has 0 unspecified atom stereocenters. The van der Waals surface area contributed by atoms with Gasteiger partial charge < -0.3 is 4.90 Å². The molecule has 0 spiro atoms. The highest BCUT2D eigenvalue weighted by Gasteiger charge is 2.22. The van der Waals surface area contributed by atoms with E-state index >= 15 is 0 Å². The third-order valence-corrected chi connectivity index (χ3v) is 11.2. The van der Waals surface area contributed by atoms with Crippen molar-refractivity contribution in [2.75, 3.05) is 4.90 Å². The molecule has 1 aromatic heterocycles. The van der Waals surface area contributed by atoms with Crippen molar-refractivity contribution in [3.05, 3.63) is 188 Å². The number of hydrogen-bond acceptors (Lipinski definition) is 2. The molecule has 0 aliphatic carbocycles. The SMILES string of the molecule is c1ccc(-c2c(-c3ccccc3)c3cc(N(c4ccc5ccccc5c4)c4cccc5c4sc4ccccc45)ccc3c3ccccc23)cc1. The van der Waals surface area contributed by atoms with Crippen molar-refractivity contribution >= 4 is 80.9 Å². The maximum absolute atomic E-state index is 2.47. The minimum Gasteiger partial charge on any atom is -0.309 e. The van der Waals surface area contributed by atoms with E-state index in [-0.39, 0.29) is 0 Å². The Kier molecular flexibility index (Phi) is 6.75. The molecule has 9 aromatic carbocycles. The van der Waals surface area contributed by atoms with E-state index in [9.17, 15) is 0 Å². The van der Waals surface area contributed by atoms with Gasteiger partial charge in [0.1, 0.15) is 0 Å². The van der Waals surface area contributed by atoms with Crippen molar-refractivity contribution in [1.82, 2.24) is 0 Å². The normalized spacial score (nSPS) is 11.6. The quantitative estimate of drug-likeness (QED) is 0.167. The third kappa shape index (κ3) is 4.61. The average Bonchev–Trinajstić information content (AvgIpc) is 3.58. The second-order valence-corrected chi connectivity index (χ2v) is 13.9. The molecule has 0 atom stereocenters. The van der Waals surface area contributed by atoms with E-state index < -0.39 is 0 Å². The summed E-state index contributed by atoms with van der Waals surface area (Å²) in [6, 6.07) is 68.8. The van der Waals surface area contributed by atoms with Gasteiger partial charge in [-0.25, -0.2) is 0 Å². The number of nitrogens with zero attached hydrogens (tertiary/aromatic N) is 1. The molecule has 0 bridgehead atoms. The Morgan fingerprint density at radius 1 is 0.340 bits per heavy atom. The second-order valence-electron chi connectivity index (χ2n) is 12.9. The fraction of sp³-hybridized carbons (Fsp3) is 0. The maximum Gasteiger partial charge on any atom is 0.0640 e. The van der Waals surface area contributed by atoms with Crippen LogP contribution in [0.4, 0.5) is 17.1 Å². The summed E-state index contributed by atoms with van der Waals surface area (Å²) in [6.07, 6.45) is 0. The van der Waals surface area contributed by atoms with Gasteiger partial charge in [-0.2, -0.15) is 0 Å². The number of fused-ring (bicyclic) bond motifs is 7. The van der Waals surface area contributed by atoms with Gasteiger partial charge in [0.15, 0.2) is 0 Å². The predicted octanol–water partition coefficient (Wildman–Crippen LogP) is 14.3. The summed E-state index contributed by atoms with van der Waals surface area (Å²) in [5.41, 5.74) is 8.40. The van der Waals surface area contributed by atoms with Crippen molar-refractivity contribution < 1.29 is 0 Å². The summed E-state index contributed by atoms with van der Waals surface area (Å²) >= 11 is 1.87. The summed E-state index contributed by atoms with van der Waals surface area (Å²) in [6.45, 7) is 0. The van der Waals surface area contributed by atoms with Crippen LogP contribution < -0.4 is 4.90 Å². The van der Waals surface area contributed by atoms with E-state index in [0.717, 1.165) is 11.4 Å². The molecule has 1 heterocycles. The van der Waals surface area contributed by atoms with Crippen LogP contribution in [-0.4, -0.2) is 0 Å². The Morgan fingerprint density at radius 2 is 0.900 bits per heavy atom. The lowest BCUT2D eigenvalue weighted by atomic mass is 9.85. The monoisotopic (exact) mass is 653 g/mol. The topological polar surface area (TPSA) is 3.24 Å². The molecule has 0 N–H and O–H groups in total. The average molecular weight is 654 g/mol. The van der Waals surface area contributed by atoms with E-state index in [2.05, 4.69) is 193 Å². The highest BCUT2D eigenvalue weighted by atomic mass is 32.1. The standard InChI is InChI=1S/C48H31NS/c1-3-15-33(16-4-1)46-41-22-10-9-20-38(41)39-29-28-37(31-43(39)47(46)34-17-5-2-6-18-34)49(36-27-26-32-14-7-8-19-35(32)30-36)44-24-13-23-42-40-21-11-12-25-45(40)50-48(42)44/h1-31H. The number of thiophene rings is 1. The summed E-state index contributed by atoms with van der Waals surface area (Å²) in [5, 5.41) is 10.1. The summed E-state index contributed by atoms with van der Waals surface area (Å²) in [4.78, 5) is 2.47. The van der Waals surface area contributed by atoms with Crippen LogP contribution in [0.5, 0.6) is 0 Å². The summed E-state index contributed by atoms with van der Waals surface area (Å²) in [7, 11) is 0. The smallest absolute Gasteiger partial charge is 0.0640 e. The molecule has 2 heteroatoms. The van der Waals surface area contributed by atoms with Crippen LogP contribution in [0.25, 0.3) is 74.7 Å². The Bertz CT molecular complexity index is 2870. The minimum absolute atomic E-state index is 1.13. The molecular weight excluding hydrogens is 623 g/mol. The molecule has 0 aliphatic rings. The molecule has 0 amide bonds. The lowest BCUT2D eigenvalue weighted by Crippen LogP contribution is -2.10. The molecule has 1 nitrogen and oxygen atoms in total. The second kappa shape index (κ2) is 11.7. The maximum atomic E-state index is 2.47. The zero-order chi connectivity index (χ0) is 33.0. The van der Waals surface area contributed by atoms with E-state index in [1.54, 1.807) is 0 Å². The van der Waals surface area contributed by atoms with Crippen LogP contribution in [0.1, 0.15) is 0 Å². The van der Waals surface area contributed by atoms with Crippen LogP contribution in [0.15, 0.2) is 188 Å². The van der Waals surface area contributed by atoms with Gasteiger partial charge in [0.2, 0.25) is 0 Å². The van der Waals surface area contributed by atoms with Crippen LogP contribution in [0.3, 0.4) is 0 Å². The first-order chi connectivity index (χ1) is 24.8. The molecule has 0 saturated carbocycles. The van der Waals surface area contributed by atoms with Gasteiger partial charge >= 0.3 is 0 Å². The van der Waals surface area contributed by atoms with E-state index in [1.165, 1.54) is 80.4 Å². The van der Waals surface area contributed by atoms with E-state index in [0.29, 0.717) is 0 Å². The van der Waals surface area contributed by atoms with Gasteiger partial charge in [-0.15, -0.1) is 11.3 Å². The molecule has 0 aliphatic heterocycles. The van der Waals surface area contributed by atoms with Crippen molar-refractivity contribution in [2.45, 2.75) is 0 Å². The summed E-state index contributed by atoms with van der Waals surface area (Å²) < 4.78 is 2.59. The number of rotatable bonds is 5. The van der Waals surface area contributed by atoms with Crippen LogP contribution in [-0.2, 0) is 0 Å². The first-order valence-electron chi connectivity index (χ1n) is 17.1. The predicted molar refractivity (Wildman–Crippen MR) is 217 cm³/mol. The Morgan fingerprint density at radius 3 is 1.68 bits per heavy atom. The van der Waals surface area contributed by atoms with Gasteiger partial charge in [-0.3, -0.25) is 0 Å². The van der Waals surface area contributed by atoms with Gasteiger partial charge in [-0.05, 0) is 91.0 Å². The highest BCUT2D eigenvalue weighted by Crippen LogP contribution is 2.49. The molecule has 50 heavy (non-hydrogen) atoms. The Hall–Kier alpha value is -6.22. The fourth-order valence-corrected chi connectivity index (χ4v) is 8.99. The van der Waals surface area contributed by atoms with Crippen molar-refractivity contribution in [1.29, 1.82) is 0 Å². The Balaban J connectivity index is 1.32. The lowest BCUT2D eigenvalue weighted by molar-refractivity contribution is 1.31. The molecular formula is C48H31NS. The molecule has 0 radical (unpaired) electrons. The molecule has 10 aromatic rings. The lowest BCUT2D eigenvalue weighted by Gasteiger charge is -2.27.